The normalized spacial score (nSPS) is 11.0. The van der Waals surface area contributed by atoms with Gasteiger partial charge in [0, 0.05) is 16.0 Å². The fraction of sp³-hybridized carbons (Fsp3) is 0.0952. The minimum Gasteiger partial charge on any atom is -0.453 e. The van der Waals surface area contributed by atoms with Gasteiger partial charge in [-0.25, -0.2) is 13.9 Å². The number of benzene rings is 2. The van der Waals surface area contributed by atoms with Gasteiger partial charge in [-0.15, -0.1) is 11.3 Å². The van der Waals surface area contributed by atoms with Crippen LogP contribution in [0.15, 0.2) is 54.6 Å². The second-order valence-corrected chi connectivity index (χ2v) is 7.78. The van der Waals surface area contributed by atoms with Crippen molar-refractivity contribution in [3.05, 3.63) is 81.6 Å². The number of fused-ring (bicyclic) bond motifs is 1. The van der Waals surface area contributed by atoms with Crippen molar-refractivity contribution in [2.75, 3.05) is 6.61 Å². The summed E-state index contributed by atoms with van der Waals surface area (Å²) in [6.07, 6.45) is 0. The summed E-state index contributed by atoms with van der Waals surface area (Å²) in [4.78, 5) is 25.7. The molecule has 5 nitrogen and oxygen atoms in total. The molecule has 0 saturated carbocycles. The summed E-state index contributed by atoms with van der Waals surface area (Å²) < 4.78 is 19.8. The summed E-state index contributed by atoms with van der Waals surface area (Å²) in [5, 5.41) is 5.92. The molecule has 0 saturated heterocycles. The molecule has 0 amide bonds. The van der Waals surface area contributed by atoms with Gasteiger partial charge in [-0.3, -0.25) is 4.79 Å². The molecule has 0 bridgehead atoms. The Morgan fingerprint density at radius 3 is 2.66 bits per heavy atom. The number of carbonyl (C=O) groups excluding carboxylic acids is 2. The van der Waals surface area contributed by atoms with E-state index < -0.39 is 24.2 Å². The molecule has 0 radical (unpaired) electrons. The van der Waals surface area contributed by atoms with E-state index in [2.05, 4.69) is 5.10 Å². The topological polar surface area (TPSA) is 61.2 Å². The lowest BCUT2D eigenvalue weighted by Crippen LogP contribution is -2.13. The van der Waals surface area contributed by atoms with Crippen LogP contribution in [0.1, 0.15) is 25.7 Å². The number of thiophene rings is 1. The number of aromatic nitrogens is 2. The smallest absolute Gasteiger partial charge is 0.348 e. The third-order valence-corrected chi connectivity index (χ3v) is 5.62. The Morgan fingerprint density at radius 1 is 1.17 bits per heavy atom. The van der Waals surface area contributed by atoms with Crippen LogP contribution in [0.2, 0.25) is 5.02 Å². The van der Waals surface area contributed by atoms with Crippen molar-refractivity contribution < 1.29 is 18.7 Å². The molecular formula is C21H14ClFN2O3S. The first-order chi connectivity index (χ1) is 13.9. The van der Waals surface area contributed by atoms with Gasteiger partial charge in [-0.1, -0.05) is 17.7 Å². The molecular weight excluding hydrogens is 415 g/mol. The van der Waals surface area contributed by atoms with Crippen LogP contribution in [0.25, 0.3) is 15.9 Å². The number of aryl methyl sites for hydroxylation is 1. The molecule has 0 aliphatic rings. The molecule has 0 aliphatic heterocycles. The lowest BCUT2D eigenvalue weighted by atomic mass is 10.1. The van der Waals surface area contributed by atoms with Crippen LogP contribution in [0.5, 0.6) is 0 Å². The van der Waals surface area contributed by atoms with Crippen molar-refractivity contribution in [1.29, 1.82) is 0 Å². The standard InChI is InChI=1S/C21H14ClFN2O3S/c1-12-17-10-19(21(27)28-11-18(26)13-5-7-15(23)8-6-13)29-20(17)25(24-12)16-4-2-3-14(22)9-16/h2-10H,11H2,1H3. The zero-order chi connectivity index (χ0) is 20.5. The molecule has 4 aromatic rings. The molecule has 2 aromatic carbocycles. The molecule has 2 aromatic heterocycles. The summed E-state index contributed by atoms with van der Waals surface area (Å²) >= 11 is 7.30. The molecule has 4 rings (SSSR count). The van der Waals surface area contributed by atoms with Crippen LogP contribution in [-0.2, 0) is 4.74 Å². The maximum atomic E-state index is 13.0. The van der Waals surface area contributed by atoms with Crippen LogP contribution in [0, 0.1) is 12.7 Å². The van der Waals surface area contributed by atoms with E-state index in [1.165, 1.54) is 35.6 Å². The third kappa shape index (κ3) is 3.92. The molecule has 2 heterocycles. The Kier molecular flexibility index (Phi) is 5.17. The molecule has 0 aliphatic carbocycles. The predicted molar refractivity (Wildman–Crippen MR) is 110 cm³/mol. The zero-order valence-corrected chi connectivity index (χ0v) is 16.8. The Hall–Kier alpha value is -3.03. The second-order valence-electron chi connectivity index (χ2n) is 6.31. The SMILES string of the molecule is Cc1nn(-c2cccc(Cl)c2)c2sc(C(=O)OCC(=O)c3ccc(F)cc3)cc12. The number of ether oxygens (including phenoxy) is 1. The van der Waals surface area contributed by atoms with Crippen molar-refractivity contribution in [2.24, 2.45) is 0 Å². The summed E-state index contributed by atoms with van der Waals surface area (Å²) in [7, 11) is 0. The van der Waals surface area contributed by atoms with E-state index in [0.717, 1.165) is 21.6 Å². The molecule has 0 unspecified atom stereocenters. The van der Waals surface area contributed by atoms with Crippen molar-refractivity contribution in [3.63, 3.8) is 0 Å². The average Bonchev–Trinajstić information content (AvgIpc) is 3.27. The number of esters is 1. The predicted octanol–water partition coefficient (Wildman–Crippen LogP) is 5.23. The number of rotatable bonds is 5. The zero-order valence-electron chi connectivity index (χ0n) is 15.2. The molecule has 0 spiro atoms. The van der Waals surface area contributed by atoms with Gasteiger partial charge < -0.3 is 4.74 Å². The van der Waals surface area contributed by atoms with Crippen LogP contribution in [0.4, 0.5) is 4.39 Å². The van der Waals surface area contributed by atoms with Crippen molar-refractivity contribution >= 4 is 44.9 Å². The highest BCUT2D eigenvalue weighted by Crippen LogP contribution is 2.31. The van der Waals surface area contributed by atoms with Gasteiger partial charge in [-0.05, 0) is 55.5 Å². The fourth-order valence-electron chi connectivity index (χ4n) is 2.85. The minimum absolute atomic E-state index is 0.281. The summed E-state index contributed by atoms with van der Waals surface area (Å²) in [5.74, 6) is -1.44. The molecule has 0 atom stereocenters. The number of carbonyl (C=O) groups is 2. The van der Waals surface area contributed by atoms with Crippen LogP contribution < -0.4 is 0 Å². The molecule has 0 N–H and O–H groups in total. The number of halogens is 2. The summed E-state index contributed by atoms with van der Waals surface area (Å²) in [6, 6.07) is 14.0. The van der Waals surface area contributed by atoms with E-state index in [-0.39, 0.29) is 5.56 Å². The van der Waals surface area contributed by atoms with Crippen molar-refractivity contribution in [1.82, 2.24) is 9.78 Å². The third-order valence-electron chi connectivity index (χ3n) is 4.30. The van der Waals surface area contributed by atoms with Gasteiger partial charge in [0.15, 0.2) is 12.4 Å². The second kappa shape index (κ2) is 7.77. The number of ketones is 1. The average molecular weight is 429 g/mol. The Bertz CT molecular complexity index is 1230. The van der Waals surface area contributed by atoms with E-state index in [1.54, 1.807) is 22.9 Å². The Balaban J connectivity index is 1.55. The Morgan fingerprint density at radius 2 is 1.93 bits per heavy atom. The fourth-order valence-corrected chi connectivity index (χ4v) is 4.11. The van der Waals surface area contributed by atoms with E-state index in [4.69, 9.17) is 16.3 Å². The van der Waals surface area contributed by atoms with Gasteiger partial charge in [0.05, 0.1) is 11.4 Å². The lowest BCUT2D eigenvalue weighted by Gasteiger charge is -2.04. The van der Waals surface area contributed by atoms with Gasteiger partial charge in [0.2, 0.25) is 0 Å². The van der Waals surface area contributed by atoms with Crippen molar-refractivity contribution in [2.45, 2.75) is 6.92 Å². The largest absolute Gasteiger partial charge is 0.453 e. The summed E-state index contributed by atoms with van der Waals surface area (Å²) in [5.41, 5.74) is 1.82. The highest BCUT2D eigenvalue weighted by atomic mass is 35.5. The highest BCUT2D eigenvalue weighted by molar-refractivity contribution is 7.20. The number of hydrogen-bond donors (Lipinski definition) is 0. The molecule has 29 heavy (non-hydrogen) atoms. The number of nitrogens with zero attached hydrogens (tertiary/aromatic N) is 2. The van der Waals surface area contributed by atoms with Gasteiger partial charge in [0.25, 0.3) is 0 Å². The van der Waals surface area contributed by atoms with E-state index >= 15 is 0 Å². The first-order valence-corrected chi connectivity index (χ1v) is 9.83. The Labute approximate surface area is 174 Å². The van der Waals surface area contributed by atoms with Crippen molar-refractivity contribution in [3.8, 4) is 5.69 Å². The van der Waals surface area contributed by atoms with Gasteiger partial charge in [0.1, 0.15) is 15.5 Å². The number of Topliss-reactive ketones (excluding diaryl/α,β-unsaturated/α-hetero) is 1. The van der Waals surface area contributed by atoms with Crippen LogP contribution >= 0.6 is 22.9 Å². The van der Waals surface area contributed by atoms with Crippen LogP contribution in [0.3, 0.4) is 0 Å². The lowest BCUT2D eigenvalue weighted by molar-refractivity contribution is 0.0479. The first kappa shape index (κ1) is 19.3. The molecule has 8 heteroatoms. The van der Waals surface area contributed by atoms with E-state index in [1.807, 2.05) is 19.1 Å². The van der Waals surface area contributed by atoms with E-state index in [9.17, 15) is 14.0 Å². The maximum absolute atomic E-state index is 13.0. The first-order valence-electron chi connectivity index (χ1n) is 8.63. The number of hydrogen-bond acceptors (Lipinski definition) is 5. The van der Waals surface area contributed by atoms with Crippen LogP contribution in [-0.4, -0.2) is 28.1 Å². The molecule has 146 valence electrons. The van der Waals surface area contributed by atoms with E-state index in [0.29, 0.717) is 9.90 Å². The quantitative estimate of drug-likeness (QED) is 0.322. The van der Waals surface area contributed by atoms with Gasteiger partial charge in [-0.2, -0.15) is 5.10 Å². The summed E-state index contributed by atoms with van der Waals surface area (Å²) in [6.45, 7) is 1.43. The monoisotopic (exact) mass is 428 g/mol. The highest BCUT2D eigenvalue weighted by Gasteiger charge is 2.19. The van der Waals surface area contributed by atoms with Gasteiger partial charge >= 0.3 is 5.97 Å². The maximum Gasteiger partial charge on any atom is 0.348 e. The minimum atomic E-state index is -0.598. The molecule has 0 fully saturated rings.